The molecular formula is C27H36FN3O5. The van der Waals surface area contributed by atoms with Gasteiger partial charge in [0.15, 0.2) is 0 Å². The molecule has 8 nitrogen and oxygen atoms in total. The van der Waals surface area contributed by atoms with Crippen LogP contribution in [0.5, 0.6) is 0 Å². The lowest BCUT2D eigenvalue weighted by atomic mass is 9.74. The van der Waals surface area contributed by atoms with E-state index in [9.17, 15) is 14.0 Å². The van der Waals surface area contributed by atoms with Crippen molar-refractivity contribution in [2.24, 2.45) is 5.92 Å². The predicted molar refractivity (Wildman–Crippen MR) is 131 cm³/mol. The number of carbonyl (C=O) groups excluding carboxylic acids is 2. The quantitative estimate of drug-likeness (QED) is 0.612. The maximum Gasteiger partial charge on any atom is 0.414 e. The molecule has 1 aliphatic carbocycles. The minimum atomic E-state index is -0.391. The first-order valence-electron chi connectivity index (χ1n) is 13.4. The zero-order valence-electron chi connectivity index (χ0n) is 21.0. The Kier molecular flexibility index (Phi) is 6.32. The van der Waals surface area contributed by atoms with E-state index < -0.39 is 6.09 Å². The van der Waals surface area contributed by atoms with E-state index in [0.29, 0.717) is 31.7 Å². The van der Waals surface area contributed by atoms with E-state index >= 15 is 0 Å². The lowest BCUT2D eigenvalue weighted by Gasteiger charge is -2.42. The van der Waals surface area contributed by atoms with Crippen molar-refractivity contribution in [2.45, 2.75) is 68.5 Å². The van der Waals surface area contributed by atoms with Gasteiger partial charge in [-0.3, -0.25) is 4.90 Å². The number of methoxy groups -OCH3 is 1. The minimum absolute atomic E-state index is 0.114. The molecule has 0 radical (unpaired) electrons. The fourth-order valence-corrected chi connectivity index (χ4v) is 7.46. The van der Waals surface area contributed by atoms with E-state index in [1.807, 2.05) is 4.90 Å². The molecule has 6 rings (SSSR count). The third-order valence-corrected chi connectivity index (χ3v) is 9.34. The highest BCUT2D eigenvalue weighted by Gasteiger charge is 2.50. The number of hydrogen-bond acceptors (Lipinski definition) is 6. The van der Waals surface area contributed by atoms with E-state index in [2.05, 4.69) is 4.90 Å². The summed E-state index contributed by atoms with van der Waals surface area (Å²) in [6, 6.07) is 5.41. The van der Waals surface area contributed by atoms with Crippen LogP contribution in [-0.4, -0.2) is 86.7 Å². The number of piperidine rings is 2. The number of fused-ring (bicyclic) bond motifs is 3. The maximum absolute atomic E-state index is 14.2. The molecule has 4 aliphatic heterocycles. The van der Waals surface area contributed by atoms with Crippen LogP contribution in [0.25, 0.3) is 0 Å². The zero-order valence-corrected chi connectivity index (χ0v) is 21.0. The molecular weight excluding hydrogens is 465 g/mol. The Bertz CT molecular complexity index is 1010. The third-order valence-electron chi connectivity index (χ3n) is 9.34. The van der Waals surface area contributed by atoms with Crippen LogP contribution in [0.2, 0.25) is 0 Å². The van der Waals surface area contributed by atoms with Crippen LogP contribution >= 0.6 is 0 Å². The molecule has 0 N–H and O–H groups in total. The van der Waals surface area contributed by atoms with Crippen molar-refractivity contribution in [1.29, 1.82) is 0 Å². The maximum atomic E-state index is 14.2. The monoisotopic (exact) mass is 501 g/mol. The molecule has 5 aliphatic rings. The van der Waals surface area contributed by atoms with Crippen molar-refractivity contribution in [1.82, 2.24) is 9.80 Å². The van der Waals surface area contributed by atoms with E-state index in [-0.39, 0.29) is 29.5 Å². The number of likely N-dealkylation sites (tertiary alicyclic amines) is 2. The summed E-state index contributed by atoms with van der Waals surface area (Å²) in [5.74, 6) is 0.251. The van der Waals surface area contributed by atoms with Gasteiger partial charge >= 0.3 is 12.2 Å². The summed E-state index contributed by atoms with van der Waals surface area (Å²) in [6.45, 7) is 4.28. The van der Waals surface area contributed by atoms with Gasteiger partial charge in [0.05, 0.1) is 26.0 Å². The van der Waals surface area contributed by atoms with Crippen molar-refractivity contribution in [3.05, 3.63) is 29.6 Å². The van der Waals surface area contributed by atoms with Crippen LogP contribution in [0.4, 0.5) is 19.7 Å². The Hall–Kier alpha value is -2.39. The predicted octanol–water partition coefficient (Wildman–Crippen LogP) is 3.91. The van der Waals surface area contributed by atoms with Crippen LogP contribution in [0, 0.1) is 11.7 Å². The van der Waals surface area contributed by atoms with Crippen LogP contribution in [-0.2, 0) is 19.6 Å². The van der Waals surface area contributed by atoms with Crippen molar-refractivity contribution in [2.75, 3.05) is 51.4 Å². The standard InChI is InChI=1S/C27H36FN3O5/c1-34-25(32)31-17-27(22-14-19(28)4-5-23(22)31)7-10-29(11-8-27)20-13-18-3-2-9-30(24(18)15-20)26(33)36-21-6-12-35-16-21/h4-5,14,18,20-21,24H,2-3,6-13,15-17H2,1H3/t18?,20?,21-,24?/m0/s1. The van der Waals surface area contributed by atoms with Gasteiger partial charge in [-0.15, -0.1) is 0 Å². The normalized spacial score (nSPS) is 31.4. The van der Waals surface area contributed by atoms with Gasteiger partial charge in [-0.05, 0) is 81.3 Å². The lowest BCUT2D eigenvalue weighted by molar-refractivity contribution is 0.0286. The number of amides is 2. The van der Waals surface area contributed by atoms with E-state index in [1.165, 1.54) is 13.2 Å². The van der Waals surface area contributed by atoms with Gasteiger partial charge in [0.25, 0.3) is 0 Å². The number of benzene rings is 1. The van der Waals surface area contributed by atoms with Gasteiger partial charge in [0.2, 0.25) is 0 Å². The van der Waals surface area contributed by atoms with Crippen molar-refractivity contribution in [3.63, 3.8) is 0 Å². The topological polar surface area (TPSA) is 71.6 Å². The van der Waals surface area contributed by atoms with Crippen LogP contribution in [0.1, 0.15) is 50.5 Å². The second-order valence-electron chi connectivity index (χ2n) is 11.2. The molecule has 1 aromatic rings. The molecule has 3 saturated heterocycles. The summed E-state index contributed by atoms with van der Waals surface area (Å²) in [5, 5.41) is 0. The van der Waals surface area contributed by atoms with Crippen LogP contribution in [0.3, 0.4) is 0 Å². The largest absolute Gasteiger partial charge is 0.452 e. The van der Waals surface area contributed by atoms with Crippen molar-refractivity contribution < 1.29 is 28.2 Å². The van der Waals surface area contributed by atoms with Gasteiger partial charge in [-0.2, -0.15) is 0 Å². The Morgan fingerprint density at radius 2 is 1.94 bits per heavy atom. The van der Waals surface area contributed by atoms with Gasteiger partial charge in [0, 0.05) is 37.0 Å². The summed E-state index contributed by atoms with van der Waals surface area (Å²) in [7, 11) is 1.39. The zero-order chi connectivity index (χ0) is 24.9. The molecule has 0 aromatic heterocycles. The molecule has 4 atom stereocenters. The molecule has 3 unspecified atom stereocenters. The van der Waals surface area contributed by atoms with Gasteiger partial charge in [-0.25, -0.2) is 14.0 Å². The second kappa shape index (κ2) is 9.49. The fourth-order valence-electron chi connectivity index (χ4n) is 7.46. The summed E-state index contributed by atoms with van der Waals surface area (Å²) in [4.78, 5) is 31.6. The number of rotatable bonds is 2. The van der Waals surface area contributed by atoms with Gasteiger partial charge < -0.3 is 24.0 Å². The van der Waals surface area contributed by atoms with Crippen LogP contribution < -0.4 is 4.90 Å². The summed E-state index contributed by atoms with van der Waals surface area (Å²) in [6.07, 6.45) is 6.12. The number of ether oxygens (including phenoxy) is 3. The number of anilines is 1. The summed E-state index contributed by atoms with van der Waals surface area (Å²) in [5.41, 5.74) is 1.45. The average molecular weight is 502 g/mol. The molecule has 196 valence electrons. The molecule has 1 aromatic carbocycles. The molecule has 9 heteroatoms. The number of nitrogens with zero attached hydrogens (tertiary/aromatic N) is 3. The Morgan fingerprint density at radius 1 is 1.11 bits per heavy atom. The number of halogens is 1. The summed E-state index contributed by atoms with van der Waals surface area (Å²) < 4.78 is 30.4. The highest BCUT2D eigenvalue weighted by Crippen LogP contribution is 2.49. The molecule has 4 fully saturated rings. The molecule has 0 bridgehead atoms. The van der Waals surface area contributed by atoms with Crippen LogP contribution in [0.15, 0.2) is 18.2 Å². The molecule has 2 amide bonds. The number of carbonyl (C=O) groups is 2. The SMILES string of the molecule is COC(=O)N1CC2(CCN(C3CC4CCCN(C(=O)O[C@H]5CCOC5)C4C3)CC2)c2cc(F)ccc21. The van der Waals surface area contributed by atoms with Crippen molar-refractivity contribution >= 4 is 17.9 Å². The molecule has 4 heterocycles. The first-order chi connectivity index (χ1) is 17.5. The molecule has 36 heavy (non-hydrogen) atoms. The van der Waals surface area contributed by atoms with Crippen molar-refractivity contribution in [3.8, 4) is 0 Å². The smallest absolute Gasteiger partial charge is 0.414 e. The minimum Gasteiger partial charge on any atom is -0.452 e. The highest BCUT2D eigenvalue weighted by molar-refractivity contribution is 5.91. The number of hydrogen-bond donors (Lipinski definition) is 0. The first-order valence-corrected chi connectivity index (χ1v) is 13.4. The summed E-state index contributed by atoms with van der Waals surface area (Å²) >= 11 is 0. The second-order valence-corrected chi connectivity index (χ2v) is 11.2. The third kappa shape index (κ3) is 4.14. The fraction of sp³-hybridized carbons (Fsp3) is 0.704. The van der Waals surface area contributed by atoms with Gasteiger partial charge in [0.1, 0.15) is 11.9 Å². The Labute approximate surface area is 211 Å². The molecule has 1 saturated carbocycles. The Balaban J connectivity index is 1.12. The highest BCUT2D eigenvalue weighted by atomic mass is 19.1. The average Bonchev–Trinajstić information content (AvgIpc) is 3.62. The van der Waals surface area contributed by atoms with E-state index in [1.54, 1.807) is 17.0 Å². The van der Waals surface area contributed by atoms with E-state index in [0.717, 1.165) is 75.8 Å². The van der Waals surface area contributed by atoms with E-state index in [4.69, 9.17) is 14.2 Å². The first kappa shape index (κ1) is 24.0. The molecule has 1 spiro atoms. The van der Waals surface area contributed by atoms with Gasteiger partial charge in [-0.1, -0.05) is 0 Å². The Morgan fingerprint density at radius 3 is 2.69 bits per heavy atom. The lowest BCUT2D eigenvalue weighted by Crippen LogP contribution is -2.49.